The van der Waals surface area contributed by atoms with Crippen LogP contribution < -0.4 is 0 Å². The van der Waals surface area contributed by atoms with Gasteiger partial charge in [-0.25, -0.2) is 0 Å². The third-order valence-corrected chi connectivity index (χ3v) is 5.96. The number of carboxylic acid groups (broad SMARTS) is 1. The van der Waals surface area contributed by atoms with Gasteiger partial charge in [-0.15, -0.1) is 0 Å². The zero-order valence-electron chi connectivity index (χ0n) is 14.0. The maximum absolute atomic E-state index is 12.6. The molecule has 2 saturated heterocycles. The number of likely N-dealkylation sites (tertiary alicyclic amines) is 2. The van der Waals surface area contributed by atoms with Crippen molar-refractivity contribution in [2.75, 3.05) is 26.2 Å². The van der Waals surface area contributed by atoms with Gasteiger partial charge in [-0.1, -0.05) is 0 Å². The Morgan fingerprint density at radius 2 is 1.71 bits per heavy atom. The van der Waals surface area contributed by atoms with Gasteiger partial charge in [0.15, 0.2) is 0 Å². The van der Waals surface area contributed by atoms with Gasteiger partial charge in [-0.2, -0.15) is 0 Å². The summed E-state index contributed by atoms with van der Waals surface area (Å²) in [5, 5.41) is 9.71. The van der Waals surface area contributed by atoms with Crippen molar-refractivity contribution in [3.8, 4) is 0 Å². The first kappa shape index (κ1) is 16.9. The van der Waals surface area contributed by atoms with Crippen molar-refractivity contribution in [1.29, 1.82) is 0 Å². The number of Topliss-reactive ketones (excluding diaryl/α,β-unsaturated/α-hetero) is 1. The summed E-state index contributed by atoms with van der Waals surface area (Å²) >= 11 is 0. The topological polar surface area (TPSA) is 95.0 Å². The standard InChI is InChI=1S/C17H24N2O5/c1-11(20)18-7-13-8-19(10-17(13,9-18)16(23)24)15(22)6-12-2-4-14(21)5-3-12/h12-13H,2-10H2,1H3,(H,23,24)/t13-,17-/m0/s1. The lowest BCUT2D eigenvalue weighted by Crippen LogP contribution is -2.43. The summed E-state index contributed by atoms with van der Waals surface area (Å²) in [6.07, 6.45) is 3.00. The summed E-state index contributed by atoms with van der Waals surface area (Å²) in [6, 6.07) is 0. The number of amides is 2. The van der Waals surface area contributed by atoms with E-state index in [0.29, 0.717) is 32.4 Å². The minimum absolute atomic E-state index is 0.0150. The van der Waals surface area contributed by atoms with Crippen molar-refractivity contribution in [3.63, 3.8) is 0 Å². The number of aliphatic carboxylic acids is 1. The highest BCUT2D eigenvalue weighted by Crippen LogP contribution is 2.43. The molecular weight excluding hydrogens is 312 g/mol. The molecule has 0 spiro atoms. The number of ketones is 1. The van der Waals surface area contributed by atoms with Crippen LogP contribution in [0.2, 0.25) is 0 Å². The van der Waals surface area contributed by atoms with E-state index in [-0.39, 0.29) is 42.5 Å². The molecule has 0 aromatic carbocycles. The quantitative estimate of drug-likeness (QED) is 0.811. The average molecular weight is 336 g/mol. The van der Waals surface area contributed by atoms with E-state index in [2.05, 4.69) is 0 Å². The van der Waals surface area contributed by atoms with Gasteiger partial charge < -0.3 is 14.9 Å². The van der Waals surface area contributed by atoms with E-state index in [4.69, 9.17) is 0 Å². The molecule has 0 unspecified atom stereocenters. The van der Waals surface area contributed by atoms with Crippen LogP contribution in [0.3, 0.4) is 0 Å². The molecule has 2 atom stereocenters. The van der Waals surface area contributed by atoms with E-state index in [0.717, 1.165) is 12.8 Å². The zero-order chi connectivity index (χ0) is 17.5. The highest BCUT2D eigenvalue weighted by molar-refractivity contribution is 5.84. The second-order valence-electron chi connectivity index (χ2n) is 7.52. The third-order valence-electron chi connectivity index (χ3n) is 5.96. The van der Waals surface area contributed by atoms with Gasteiger partial charge in [0, 0.05) is 58.3 Å². The summed E-state index contributed by atoms with van der Waals surface area (Å²) in [6.45, 7) is 2.62. The van der Waals surface area contributed by atoms with Gasteiger partial charge in [-0.3, -0.25) is 19.2 Å². The number of hydrogen-bond donors (Lipinski definition) is 1. The second kappa shape index (κ2) is 6.18. The Bertz CT molecular complexity index is 580. The summed E-state index contributed by atoms with van der Waals surface area (Å²) in [5.74, 6) is -0.757. The Morgan fingerprint density at radius 1 is 1.12 bits per heavy atom. The number of fused-ring (bicyclic) bond motifs is 1. The van der Waals surface area contributed by atoms with Crippen LogP contribution >= 0.6 is 0 Å². The molecule has 0 radical (unpaired) electrons. The molecule has 0 aromatic heterocycles. The van der Waals surface area contributed by atoms with Crippen LogP contribution in [0.25, 0.3) is 0 Å². The summed E-state index contributed by atoms with van der Waals surface area (Å²) in [4.78, 5) is 50.5. The Balaban J connectivity index is 1.64. The Labute approximate surface area is 141 Å². The Morgan fingerprint density at radius 3 is 2.25 bits per heavy atom. The number of carboxylic acids is 1. The van der Waals surface area contributed by atoms with Crippen LogP contribution in [0.1, 0.15) is 39.0 Å². The molecule has 1 N–H and O–H groups in total. The highest BCUT2D eigenvalue weighted by atomic mass is 16.4. The fourth-order valence-electron chi connectivity index (χ4n) is 4.38. The van der Waals surface area contributed by atoms with Crippen LogP contribution in [0.5, 0.6) is 0 Å². The lowest BCUT2D eigenvalue weighted by atomic mass is 9.81. The third kappa shape index (κ3) is 2.91. The molecular formula is C17H24N2O5. The summed E-state index contributed by atoms with van der Waals surface area (Å²) in [7, 11) is 0. The predicted molar refractivity (Wildman–Crippen MR) is 84.0 cm³/mol. The van der Waals surface area contributed by atoms with Crippen LogP contribution in [-0.2, 0) is 19.2 Å². The van der Waals surface area contributed by atoms with Crippen molar-refractivity contribution in [2.24, 2.45) is 17.3 Å². The van der Waals surface area contributed by atoms with E-state index in [9.17, 15) is 24.3 Å². The highest BCUT2D eigenvalue weighted by Gasteiger charge is 2.59. The maximum Gasteiger partial charge on any atom is 0.313 e. The molecule has 132 valence electrons. The largest absolute Gasteiger partial charge is 0.481 e. The van der Waals surface area contributed by atoms with Crippen LogP contribution in [-0.4, -0.2) is 64.7 Å². The smallest absolute Gasteiger partial charge is 0.313 e. The van der Waals surface area contributed by atoms with E-state index >= 15 is 0 Å². The fourth-order valence-corrected chi connectivity index (χ4v) is 4.38. The van der Waals surface area contributed by atoms with E-state index in [1.165, 1.54) is 6.92 Å². The predicted octanol–water partition coefficient (Wildman–Crippen LogP) is 0.527. The monoisotopic (exact) mass is 336 g/mol. The first-order valence-corrected chi connectivity index (χ1v) is 8.60. The van der Waals surface area contributed by atoms with Crippen LogP contribution in [0.4, 0.5) is 0 Å². The summed E-state index contributed by atoms with van der Waals surface area (Å²) < 4.78 is 0. The molecule has 0 bridgehead atoms. The van der Waals surface area contributed by atoms with Gasteiger partial charge in [0.1, 0.15) is 11.2 Å². The number of carbonyl (C=O) groups is 4. The minimum Gasteiger partial charge on any atom is -0.481 e. The molecule has 1 saturated carbocycles. The molecule has 1 aliphatic carbocycles. The van der Waals surface area contributed by atoms with Crippen molar-refractivity contribution in [3.05, 3.63) is 0 Å². The van der Waals surface area contributed by atoms with Gasteiger partial charge in [0.2, 0.25) is 11.8 Å². The van der Waals surface area contributed by atoms with Gasteiger partial charge in [0.25, 0.3) is 0 Å². The number of rotatable bonds is 3. The molecule has 2 heterocycles. The Kier molecular flexibility index (Phi) is 4.36. The average Bonchev–Trinajstić information content (AvgIpc) is 3.05. The molecule has 7 nitrogen and oxygen atoms in total. The van der Waals surface area contributed by atoms with Gasteiger partial charge in [0.05, 0.1) is 0 Å². The lowest BCUT2D eigenvalue weighted by Gasteiger charge is -2.27. The lowest BCUT2D eigenvalue weighted by molar-refractivity contribution is -0.149. The number of hydrogen-bond acceptors (Lipinski definition) is 4. The van der Waals surface area contributed by atoms with Gasteiger partial charge in [-0.05, 0) is 18.8 Å². The molecule has 7 heteroatoms. The van der Waals surface area contributed by atoms with E-state index in [1.54, 1.807) is 9.80 Å². The second-order valence-corrected chi connectivity index (χ2v) is 7.52. The van der Waals surface area contributed by atoms with Crippen LogP contribution in [0, 0.1) is 17.3 Å². The first-order valence-electron chi connectivity index (χ1n) is 8.60. The Hall–Kier alpha value is -1.92. The molecule has 2 amide bonds. The van der Waals surface area contributed by atoms with E-state index < -0.39 is 11.4 Å². The number of nitrogens with zero attached hydrogens (tertiary/aromatic N) is 2. The fraction of sp³-hybridized carbons (Fsp3) is 0.765. The molecule has 0 aromatic rings. The van der Waals surface area contributed by atoms with Crippen molar-refractivity contribution in [2.45, 2.75) is 39.0 Å². The molecule has 3 rings (SSSR count). The number of carbonyl (C=O) groups excluding carboxylic acids is 3. The molecule has 3 fully saturated rings. The van der Waals surface area contributed by atoms with Crippen molar-refractivity contribution < 1.29 is 24.3 Å². The SMILES string of the molecule is CC(=O)N1C[C@H]2CN(C(=O)CC3CCC(=O)CC3)C[C@@]2(C(=O)O)C1. The maximum atomic E-state index is 12.6. The molecule has 3 aliphatic rings. The van der Waals surface area contributed by atoms with Gasteiger partial charge >= 0.3 is 5.97 Å². The first-order chi connectivity index (χ1) is 11.3. The zero-order valence-corrected chi connectivity index (χ0v) is 14.0. The van der Waals surface area contributed by atoms with E-state index in [1.807, 2.05) is 0 Å². The van der Waals surface area contributed by atoms with Crippen molar-refractivity contribution in [1.82, 2.24) is 9.80 Å². The molecule has 24 heavy (non-hydrogen) atoms. The van der Waals surface area contributed by atoms with Crippen molar-refractivity contribution >= 4 is 23.6 Å². The normalized spacial score (nSPS) is 30.5. The minimum atomic E-state index is -1.02. The van der Waals surface area contributed by atoms with Crippen LogP contribution in [0.15, 0.2) is 0 Å². The molecule has 2 aliphatic heterocycles. The summed E-state index contributed by atoms with van der Waals surface area (Å²) in [5.41, 5.74) is -1.02.